The molecule has 0 unspecified atom stereocenters. The maximum absolute atomic E-state index is 12.4. The third-order valence-corrected chi connectivity index (χ3v) is 5.40. The number of hydrogen-bond acceptors (Lipinski definition) is 6. The highest BCUT2D eigenvalue weighted by molar-refractivity contribution is 5.94. The number of rotatable bonds is 7. The van der Waals surface area contributed by atoms with E-state index in [1.54, 1.807) is 0 Å². The number of aliphatic imine (C=N–C) groups is 1. The number of carbonyl (C=O) groups excluding carboxylic acids is 2. The van der Waals surface area contributed by atoms with Gasteiger partial charge in [-0.05, 0) is 37.5 Å². The summed E-state index contributed by atoms with van der Waals surface area (Å²) in [5.74, 6) is 0.358. The van der Waals surface area contributed by atoms with Gasteiger partial charge in [-0.1, -0.05) is 20.3 Å². The van der Waals surface area contributed by atoms with Gasteiger partial charge in [-0.15, -0.1) is 0 Å². The van der Waals surface area contributed by atoms with Gasteiger partial charge in [0.1, 0.15) is 12.6 Å². The molecule has 168 valence electrons. The summed E-state index contributed by atoms with van der Waals surface area (Å²) in [6.07, 6.45) is 5.73. The van der Waals surface area contributed by atoms with Crippen LogP contribution in [0.2, 0.25) is 0 Å². The zero-order chi connectivity index (χ0) is 21.8. The zero-order valence-electron chi connectivity index (χ0n) is 18.2. The van der Waals surface area contributed by atoms with Gasteiger partial charge >= 0.3 is 6.09 Å². The third kappa shape index (κ3) is 8.99. The smallest absolute Gasteiger partial charge is 0.414 e. The van der Waals surface area contributed by atoms with Crippen molar-refractivity contribution in [1.82, 2.24) is 15.5 Å². The summed E-state index contributed by atoms with van der Waals surface area (Å²) in [4.78, 5) is 30.9. The molecule has 2 fully saturated rings. The number of hydrogen-bond donors (Lipinski definition) is 2. The van der Waals surface area contributed by atoms with Gasteiger partial charge in [-0.3, -0.25) is 15.1 Å². The number of guanidine groups is 1. The van der Waals surface area contributed by atoms with Crippen LogP contribution in [0.3, 0.4) is 0 Å². The molecular formula is C21H35N5O4. The van der Waals surface area contributed by atoms with Gasteiger partial charge in [0.05, 0.1) is 19.3 Å². The van der Waals surface area contributed by atoms with Crippen LogP contribution in [0.15, 0.2) is 4.99 Å². The van der Waals surface area contributed by atoms with E-state index in [0.29, 0.717) is 51.6 Å². The summed E-state index contributed by atoms with van der Waals surface area (Å²) >= 11 is 0. The van der Waals surface area contributed by atoms with Crippen LogP contribution >= 0.6 is 0 Å². The number of nitriles is 1. The normalized spacial score (nSPS) is 18.4. The molecule has 2 N–H and O–H groups in total. The predicted molar refractivity (Wildman–Crippen MR) is 113 cm³/mol. The van der Waals surface area contributed by atoms with Crippen LogP contribution in [0.25, 0.3) is 0 Å². The van der Waals surface area contributed by atoms with Gasteiger partial charge in [0.15, 0.2) is 0 Å². The summed E-state index contributed by atoms with van der Waals surface area (Å²) in [7, 11) is 0. The van der Waals surface area contributed by atoms with Crippen molar-refractivity contribution < 1.29 is 19.1 Å². The van der Waals surface area contributed by atoms with Crippen LogP contribution < -0.4 is 10.6 Å². The molecule has 1 aliphatic heterocycles. The Kier molecular flexibility index (Phi) is 9.87. The number of carbonyl (C=O) groups is 2. The Bertz CT molecular complexity index is 632. The summed E-state index contributed by atoms with van der Waals surface area (Å²) in [6.45, 7) is 6.95. The van der Waals surface area contributed by atoms with Crippen molar-refractivity contribution in [2.75, 3.05) is 39.4 Å². The first-order valence-corrected chi connectivity index (χ1v) is 10.9. The fourth-order valence-electron chi connectivity index (χ4n) is 3.64. The summed E-state index contributed by atoms with van der Waals surface area (Å²) in [6, 6.07) is 1.90. The van der Waals surface area contributed by atoms with E-state index in [0.717, 1.165) is 25.7 Å². The van der Waals surface area contributed by atoms with E-state index in [9.17, 15) is 9.59 Å². The molecule has 1 saturated heterocycles. The molecule has 2 rings (SSSR count). The molecular weight excluding hydrogens is 386 g/mol. The van der Waals surface area contributed by atoms with Crippen molar-refractivity contribution in [2.24, 2.45) is 10.4 Å². The topological polar surface area (TPSA) is 116 Å². The van der Waals surface area contributed by atoms with Gasteiger partial charge in [0.25, 0.3) is 0 Å². The zero-order valence-corrected chi connectivity index (χ0v) is 18.2. The Labute approximate surface area is 179 Å². The van der Waals surface area contributed by atoms with Crippen molar-refractivity contribution in [3.63, 3.8) is 0 Å². The maximum Gasteiger partial charge on any atom is 0.414 e. The second-order valence-electron chi connectivity index (χ2n) is 8.62. The molecule has 1 heterocycles. The Morgan fingerprint density at radius 1 is 1.23 bits per heavy atom. The second kappa shape index (κ2) is 12.4. The molecule has 0 aromatic rings. The van der Waals surface area contributed by atoms with Gasteiger partial charge in [0, 0.05) is 26.1 Å². The molecule has 9 nitrogen and oxygen atoms in total. The minimum atomic E-state index is -0.456. The lowest BCUT2D eigenvalue weighted by Crippen LogP contribution is -2.49. The fourth-order valence-corrected chi connectivity index (χ4v) is 3.64. The summed E-state index contributed by atoms with van der Waals surface area (Å²) in [5, 5.41) is 14.0. The van der Waals surface area contributed by atoms with Crippen molar-refractivity contribution in [3.8, 4) is 6.07 Å². The highest BCUT2D eigenvalue weighted by atomic mass is 16.6. The van der Waals surface area contributed by atoms with E-state index in [1.807, 2.05) is 24.8 Å². The lowest BCUT2D eigenvalue weighted by molar-refractivity contribution is -0.122. The monoisotopic (exact) mass is 421 g/mol. The van der Waals surface area contributed by atoms with Gasteiger partial charge in [-0.25, -0.2) is 4.79 Å². The van der Waals surface area contributed by atoms with Crippen LogP contribution in [-0.4, -0.2) is 68.4 Å². The van der Waals surface area contributed by atoms with Crippen LogP contribution in [0.1, 0.15) is 58.8 Å². The Morgan fingerprint density at radius 2 is 1.93 bits per heavy atom. The van der Waals surface area contributed by atoms with E-state index in [-0.39, 0.29) is 24.0 Å². The van der Waals surface area contributed by atoms with Crippen LogP contribution in [0.5, 0.6) is 0 Å². The molecule has 0 bridgehead atoms. The minimum Gasteiger partial charge on any atom is -0.446 e. The van der Waals surface area contributed by atoms with E-state index < -0.39 is 6.09 Å². The minimum absolute atomic E-state index is 0.0151. The molecule has 0 aromatic carbocycles. The summed E-state index contributed by atoms with van der Waals surface area (Å²) in [5.41, 5.74) is -0.276. The second-order valence-corrected chi connectivity index (χ2v) is 8.62. The van der Waals surface area contributed by atoms with Gasteiger partial charge in [0.2, 0.25) is 11.9 Å². The number of morpholine rings is 1. The molecule has 1 aliphatic carbocycles. The molecule has 0 aromatic heterocycles. The molecule has 0 spiro atoms. The first-order chi connectivity index (χ1) is 14.4. The maximum atomic E-state index is 12.4. The number of ether oxygens (including phenoxy) is 2. The van der Waals surface area contributed by atoms with Crippen molar-refractivity contribution in [2.45, 2.75) is 64.9 Å². The third-order valence-electron chi connectivity index (χ3n) is 5.40. The molecule has 0 radical (unpaired) electrons. The molecule has 2 aliphatic rings. The average molecular weight is 422 g/mol. The van der Waals surface area contributed by atoms with E-state index in [1.165, 1.54) is 6.42 Å². The van der Waals surface area contributed by atoms with Crippen LogP contribution in [0.4, 0.5) is 4.79 Å². The van der Waals surface area contributed by atoms with Crippen molar-refractivity contribution in [3.05, 3.63) is 0 Å². The Hall–Kier alpha value is -2.34. The molecule has 2 amide bonds. The van der Waals surface area contributed by atoms with Crippen LogP contribution in [-0.2, 0) is 14.3 Å². The average Bonchev–Trinajstić information content (AvgIpc) is 2.72. The standard InChI is InChI=1S/C21H35N5O4/c1-21(2,16-18(27)23-11-9-22)8-10-24-19(26-12-14-29-15-13-26)25-20(28)30-17-6-4-3-5-7-17/h17H,3-8,10-16H2,1-2H3,(H,23,27)(H,24,25,28). The quantitative estimate of drug-likeness (QED) is 0.370. The van der Waals surface area contributed by atoms with Crippen LogP contribution in [0, 0.1) is 16.7 Å². The SMILES string of the molecule is CC(C)(CCN=C(NC(=O)OC1CCCCC1)N1CCOCC1)CC(=O)NCC#N. The number of nitrogens with zero attached hydrogens (tertiary/aromatic N) is 3. The first-order valence-electron chi connectivity index (χ1n) is 10.9. The Morgan fingerprint density at radius 3 is 2.60 bits per heavy atom. The molecule has 1 saturated carbocycles. The molecule has 0 atom stereocenters. The predicted octanol–water partition coefficient (Wildman–Crippen LogP) is 2.18. The van der Waals surface area contributed by atoms with Crippen molar-refractivity contribution >= 4 is 18.0 Å². The van der Waals surface area contributed by atoms with E-state index in [4.69, 9.17) is 14.7 Å². The van der Waals surface area contributed by atoms with Gasteiger partial charge < -0.3 is 19.7 Å². The molecule has 30 heavy (non-hydrogen) atoms. The number of alkyl carbamates (subject to hydrolysis) is 1. The highest BCUT2D eigenvalue weighted by Gasteiger charge is 2.24. The van der Waals surface area contributed by atoms with E-state index >= 15 is 0 Å². The number of amides is 2. The lowest BCUT2D eigenvalue weighted by atomic mass is 9.85. The molecule has 9 heteroatoms. The first kappa shape index (κ1) is 23.9. The Balaban J connectivity index is 1.91. The highest BCUT2D eigenvalue weighted by Crippen LogP contribution is 2.25. The van der Waals surface area contributed by atoms with Crippen molar-refractivity contribution in [1.29, 1.82) is 5.26 Å². The van der Waals surface area contributed by atoms with Gasteiger partial charge in [-0.2, -0.15) is 5.26 Å². The number of nitrogens with one attached hydrogen (secondary N) is 2. The largest absolute Gasteiger partial charge is 0.446 e. The lowest BCUT2D eigenvalue weighted by Gasteiger charge is -2.30. The summed E-state index contributed by atoms with van der Waals surface area (Å²) < 4.78 is 11.0. The fraction of sp³-hybridized carbons (Fsp3) is 0.810. The van der Waals surface area contributed by atoms with E-state index in [2.05, 4.69) is 15.6 Å².